The summed E-state index contributed by atoms with van der Waals surface area (Å²) in [4.78, 5) is 0. The molecule has 0 heterocycles. The van der Waals surface area contributed by atoms with Gasteiger partial charge in [-0.2, -0.15) is 0 Å². The molecule has 0 unspecified atom stereocenters. The first-order valence-electron chi connectivity index (χ1n) is 6.02. The van der Waals surface area contributed by atoms with Gasteiger partial charge in [0.1, 0.15) is 11.6 Å². The van der Waals surface area contributed by atoms with Crippen molar-refractivity contribution in [1.29, 1.82) is 0 Å². The zero-order valence-corrected chi connectivity index (χ0v) is 14.5. The zero-order chi connectivity index (χ0) is 14.1. The lowest BCUT2D eigenvalue weighted by Crippen LogP contribution is -2.41. The number of hydrogen-bond acceptors (Lipinski definition) is 1. The highest BCUT2D eigenvalue weighted by atomic mass is 79.9. The maximum Gasteiger partial charge on any atom is 0.292 e. The van der Waals surface area contributed by atoms with Gasteiger partial charge in [-0.15, -0.1) is 0 Å². The second-order valence-electron chi connectivity index (χ2n) is 6.51. The summed E-state index contributed by atoms with van der Waals surface area (Å²) in [5, 5.41) is 0.216. The standard InChI is InChI=1S/C14H21BrFOSi/c1-13(2,3)18(14(4,5)6)17-12-8-7-10(16)9-11(12)15/h7-9H,1-6H3. The van der Waals surface area contributed by atoms with E-state index in [0.717, 1.165) is 5.75 Å². The lowest BCUT2D eigenvalue weighted by molar-refractivity contribution is 0.459. The topological polar surface area (TPSA) is 9.23 Å². The molecule has 1 aromatic rings. The second-order valence-corrected chi connectivity index (χ2v) is 11.2. The van der Waals surface area contributed by atoms with Crippen LogP contribution in [0, 0.1) is 5.82 Å². The lowest BCUT2D eigenvalue weighted by Gasteiger charge is -2.37. The van der Waals surface area contributed by atoms with Gasteiger partial charge in [0.05, 0.1) is 4.47 Å². The monoisotopic (exact) mass is 331 g/mol. The molecule has 0 N–H and O–H groups in total. The van der Waals surface area contributed by atoms with Gasteiger partial charge in [0.15, 0.2) is 0 Å². The van der Waals surface area contributed by atoms with Crippen molar-refractivity contribution in [2.24, 2.45) is 0 Å². The van der Waals surface area contributed by atoms with Crippen LogP contribution < -0.4 is 4.43 Å². The average molecular weight is 332 g/mol. The summed E-state index contributed by atoms with van der Waals surface area (Å²) < 4.78 is 20.0. The third-order valence-corrected chi connectivity index (χ3v) is 6.24. The Morgan fingerprint density at radius 2 is 1.56 bits per heavy atom. The number of hydrogen-bond donors (Lipinski definition) is 0. The molecule has 0 bridgehead atoms. The predicted octanol–water partition coefficient (Wildman–Crippen LogP) is 5.56. The van der Waals surface area contributed by atoms with Gasteiger partial charge in [-0.3, -0.25) is 0 Å². The third kappa shape index (κ3) is 4.09. The Morgan fingerprint density at radius 3 is 1.94 bits per heavy atom. The van der Waals surface area contributed by atoms with Gasteiger partial charge in [0.2, 0.25) is 0 Å². The molecular formula is C14H21BrFOSi. The van der Waals surface area contributed by atoms with Gasteiger partial charge >= 0.3 is 0 Å². The lowest BCUT2D eigenvalue weighted by atomic mass is 10.2. The van der Waals surface area contributed by atoms with Crippen molar-refractivity contribution in [2.45, 2.75) is 51.6 Å². The fourth-order valence-corrected chi connectivity index (χ4v) is 5.94. The molecule has 0 fully saturated rings. The molecule has 0 saturated heterocycles. The van der Waals surface area contributed by atoms with E-state index < -0.39 is 9.04 Å². The molecule has 0 saturated carbocycles. The van der Waals surface area contributed by atoms with E-state index in [1.807, 2.05) is 0 Å². The van der Waals surface area contributed by atoms with Crippen LogP contribution in [-0.2, 0) is 0 Å². The quantitative estimate of drug-likeness (QED) is 0.644. The maximum atomic E-state index is 13.1. The highest BCUT2D eigenvalue weighted by Crippen LogP contribution is 2.43. The zero-order valence-electron chi connectivity index (χ0n) is 11.9. The molecule has 1 nitrogen and oxygen atoms in total. The van der Waals surface area contributed by atoms with Crippen molar-refractivity contribution in [3.8, 4) is 5.75 Å². The first-order valence-corrected chi connectivity index (χ1v) is 8.23. The molecule has 0 aliphatic heterocycles. The molecule has 0 aliphatic rings. The molecule has 4 heteroatoms. The second kappa shape index (κ2) is 5.33. The van der Waals surface area contributed by atoms with Crippen LogP contribution in [0.2, 0.25) is 10.1 Å². The summed E-state index contributed by atoms with van der Waals surface area (Å²) in [6, 6.07) is 4.58. The molecule has 0 atom stereocenters. The van der Waals surface area contributed by atoms with Gasteiger partial charge in [-0.1, -0.05) is 41.5 Å². The van der Waals surface area contributed by atoms with E-state index in [1.54, 1.807) is 6.07 Å². The van der Waals surface area contributed by atoms with E-state index in [4.69, 9.17) is 4.43 Å². The summed E-state index contributed by atoms with van der Waals surface area (Å²) in [6.45, 7) is 13.2. The fraction of sp³-hybridized carbons (Fsp3) is 0.571. The van der Waals surface area contributed by atoms with Crippen LogP contribution in [0.25, 0.3) is 0 Å². The van der Waals surface area contributed by atoms with Crippen LogP contribution in [0.5, 0.6) is 5.75 Å². The molecule has 18 heavy (non-hydrogen) atoms. The largest absolute Gasteiger partial charge is 0.540 e. The van der Waals surface area contributed by atoms with Gasteiger partial charge < -0.3 is 4.43 Å². The molecule has 0 aromatic heterocycles. The minimum Gasteiger partial charge on any atom is -0.540 e. The minimum atomic E-state index is -1.12. The van der Waals surface area contributed by atoms with Crippen LogP contribution in [0.15, 0.2) is 22.7 Å². The summed E-state index contributed by atoms with van der Waals surface area (Å²) in [5.41, 5.74) is 0. The molecule has 1 rings (SSSR count). The average Bonchev–Trinajstić information content (AvgIpc) is 2.12. The summed E-state index contributed by atoms with van der Waals surface area (Å²) in [7, 11) is -1.12. The Kier molecular flexibility index (Phi) is 4.65. The Labute approximate surface area is 120 Å². The van der Waals surface area contributed by atoms with Crippen molar-refractivity contribution >= 4 is 25.0 Å². The van der Waals surface area contributed by atoms with Crippen LogP contribution in [0.3, 0.4) is 0 Å². The van der Waals surface area contributed by atoms with E-state index in [-0.39, 0.29) is 15.9 Å². The van der Waals surface area contributed by atoms with Crippen molar-refractivity contribution < 1.29 is 8.82 Å². The van der Waals surface area contributed by atoms with E-state index in [0.29, 0.717) is 4.47 Å². The predicted molar refractivity (Wildman–Crippen MR) is 79.9 cm³/mol. The van der Waals surface area contributed by atoms with Crippen molar-refractivity contribution in [3.05, 3.63) is 28.5 Å². The third-order valence-electron chi connectivity index (χ3n) is 2.47. The molecule has 1 aromatic carbocycles. The van der Waals surface area contributed by atoms with Crippen LogP contribution in [-0.4, -0.2) is 9.04 Å². The number of benzene rings is 1. The van der Waals surface area contributed by atoms with Crippen molar-refractivity contribution in [1.82, 2.24) is 0 Å². The first-order chi connectivity index (χ1) is 8.01. The Balaban J connectivity index is 3.05. The summed E-state index contributed by atoms with van der Waals surface area (Å²) in [5.74, 6) is 0.477. The van der Waals surface area contributed by atoms with Gasteiger partial charge in [-0.25, -0.2) is 4.39 Å². The van der Waals surface area contributed by atoms with Crippen LogP contribution in [0.1, 0.15) is 41.5 Å². The highest BCUT2D eigenvalue weighted by Gasteiger charge is 2.41. The van der Waals surface area contributed by atoms with Crippen LogP contribution in [0.4, 0.5) is 4.39 Å². The highest BCUT2D eigenvalue weighted by molar-refractivity contribution is 9.10. The van der Waals surface area contributed by atoms with E-state index in [2.05, 4.69) is 57.5 Å². The minimum absolute atomic E-state index is 0.108. The Hall–Kier alpha value is -0.353. The molecule has 0 aliphatic carbocycles. The molecule has 0 amide bonds. The van der Waals surface area contributed by atoms with E-state index >= 15 is 0 Å². The fourth-order valence-electron chi connectivity index (χ4n) is 2.10. The molecular weight excluding hydrogens is 311 g/mol. The summed E-state index contributed by atoms with van der Waals surface area (Å²) in [6.07, 6.45) is 0. The van der Waals surface area contributed by atoms with Gasteiger partial charge in [-0.05, 0) is 44.2 Å². The smallest absolute Gasteiger partial charge is 0.292 e. The molecule has 1 radical (unpaired) electrons. The van der Waals surface area contributed by atoms with Crippen LogP contribution >= 0.6 is 15.9 Å². The Bertz CT molecular complexity index is 407. The SMILES string of the molecule is CC(C)(C)[Si](Oc1ccc(F)cc1Br)C(C)(C)C. The van der Waals surface area contributed by atoms with Crippen molar-refractivity contribution in [2.75, 3.05) is 0 Å². The molecule has 101 valence electrons. The first kappa shape index (κ1) is 15.7. The molecule has 0 spiro atoms. The van der Waals surface area contributed by atoms with E-state index in [9.17, 15) is 4.39 Å². The normalized spacial score (nSPS) is 12.9. The maximum absolute atomic E-state index is 13.1. The van der Waals surface area contributed by atoms with Gasteiger partial charge in [0.25, 0.3) is 9.04 Å². The number of rotatable bonds is 2. The van der Waals surface area contributed by atoms with E-state index in [1.165, 1.54) is 12.1 Å². The van der Waals surface area contributed by atoms with Gasteiger partial charge in [0, 0.05) is 0 Å². The van der Waals surface area contributed by atoms with Crippen molar-refractivity contribution in [3.63, 3.8) is 0 Å². The summed E-state index contributed by atoms with van der Waals surface area (Å²) >= 11 is 3.36. The number of halogens is 2. The Morgan fingerprint density at radius 1 is 1.06 bits per heavy atom.